The molecule has 0 spiro atoms. The lowest BCUT2D eigenvalue weighted by atomic mass is 10.1. The average molecular weight is 449 g/mol. The van der Waals surface area contributed by atoms with Gasteiger partial charge in [-0.15, -0.1) is 0 Å². The van der Waals surface area contributed by atoms with Crippen molar-refractivity contribution in [1.82, 2.24) is 15.0 Å². The number of anilines is 2. The lowest BCUT2D eigenvalue weighted by molar-refractivity contribution is 0.899. The molecule has 0 aliphatic carbocycles. The first-order chi connectivity index (χ1) is 15.1. The molecule has 2 heterocycles. The third-order valence-corrected chi connectivity index (χ3v) is 5.17. The second kappa shape index (κ2) is 9.61. The van der Waals surface area contributed by atoms with Crippen LogP contribution in [-0.4, -0.2) is 28.0 Å². The molecule has 0 atom stereocenters. The van der Waals surface area contributed by atoms with Crippen LogP contribution in [0.3, 0.4) is 0 Å². The van der Waals surface area contributed by atoms with Crippen LogP contribution in [0, 0.1) is 11.3 Å². The van der Waals surface area contributed by atoms with E-state index < -0.39 is 0 Å². The zero-order valence-electron chi connectivity index (χ0n) is 16.4. The number of hydrogen-bond acceptors (Lipinski definition) is 6. The van der Waals surface area contributed by atoms with E-state index in [1.54, 1.807) is 30.5 Å². The minimum Gasteiger partial charge on any atom is -0.370 e. The standard InChI is InChI=1S/C23H18Cl2N6/c24-16-7-8-17(19(25)12-16)23-30-20-5-2-1-4-18(20)22(31-23)28-11-3-10-27-21-9-6-15(13-26)14-29-21/h1-2,4-9,12,14H,3,10-11H2,(H,27,29)(H,28,30,31). The highest BCUT2D eigenvalue weighted by Gasteiger charge is 2.12. The van der Waals surface area contributed by atoms with Crippen LogP contribution in [-0.2, 0) is 0 Å². The molecule has 4 rings (SSSR count). The summed E-state index contributed by atoms with van der Waals surface area (Å²) in [6.45, 7) is 1.43. The normalized spacial score (nSPS) is 10.6. The van der Waals surface area contributed by atoms with Crippen molar-refractivity contribution in [2.75, 3.05) is 23.7 Å². The zero-order chi connectivity index (χ0) is 21.6. The van der Waals surface area contributed by atoms with E-state index in [4.69, 9.17) is 33.4 Å². The van der Waals surface area contributed by atoms with Crippen molar-refractivity contribution in [1.29, 1.82) is 5.26 Å². The van der Waals surface area contributed by atoms with Crippen molar-refractivity contribution >= 4 is 45.7 Å². The number of hydrogen-bond donors (Lipinski definition) is 2. The van der Waals surface area contributed by atoms with Crippen LogP contribution in [0.4, 0.5) is 11.6 Å². The van der Waals surface area contributed by atoms with Crippen LogP contribution >= 0.6 is 23.2 Å². The lowest BCUT2D eigenvalue weighted by Gasteiger charge is -2.12. The maximum atomic E-state index is 8.84. The highest BCUT2D eigenvalue weighted by molar-refractivity contribution is 6.36. The maximum absolute atomic E-state index is 8.84. The number of benzene rings is 2. The summed E-state index contributed by atoms with van der Waals surface area (Å²) in [5.41, 5.74) is 2.11. The first-order valence-corrected chi connectivity index (χ1v) is 10.5. The Balaban J connectivity index is 1.47. The van der Waals surface area contributed by atoms with Crippen molar-refractivity contribution in [3.63, 3.8) is 0 Å². The number of halogens is 2. The van der Waals surface area contributed by atoms with Crippen molar-refractivity contribution < 1.29 is 0 Å². The van der Waals surface area contributed by atoms with Gasteiger partial charge in [-0.1, -0.05) is 35.3 Å². The molecule has 0 fully saturated rings. The van der Waals surface area contributed by atoms with Gasteiger partial charge in [-0.2, -0.15) is 5.26 Å². The number of aromatic nitrogens is 3. The summed E-state index contributed by atoms with van der Waals surface area (Å²) in [5, 5.41) is 17.5. The minimum atomic E-state index is 0.507. The van der Waals surface area contributed by atoms with Crippen molar-refractivity contribution in [3.05, 3.63) is 76.4 Å². The maximum Gasteiger partial charge on any atom is 0.163 e. The number of nitrogens with one attached hydrogen (secondary N) is 2. The fourth-order valence-corrected chi connectivity index (χ4v) is 3.57. The molecule has 8 heteroatoms. The largest absolute Gasteiger partial charge is 0.370 e. The fraction of sp³-hybridized carbons (Fsp3) is 0.130. The van der Waals surface area contributed by atoms with Crippen molar-refractivity contribution in [3.8, 4) is 17.5 Å². The van der Waals surface area contributed by atoms with Gasteiger partial charge in [0, 0.05) is 35.3 Å². The van der Waals surface area contributed by atoms with E-state index in [0.29, 0.717) is 28.0 Å². The van der Waals surface area contributed by atoms with E-state index in [9.17, 15) is 0 Å². The highest BCUT2D eigenvalue weighted by Crippen LogP contribution is 2.31. The Morgan fingerprint density at radius 2 is 1.77 bits per heavy atom. The molecule has 0 bridgehead atoms. The SMILES string of the molecule is N#Cc1ccc(NCCCNc2nc(-c3ccc(Cl)cc3Cl)nc3ccccc23)nc1. The molecule has 0 radical (unpaired) electrons. The van der Waals surface area contributed by atoms with Gasteiger partial charge >= 0.3 is 0 Å². The van der Waals surface area contributed by atoms with Gasteiger partial charge in [0.1, 0.15) is 17.7 Å². The van der Waals surface area contributed by atoms with Crippen LogP contribution in [0.15, 0.2) is 60.8 Å². The predicted molar refractivity (Wildman–Crippen MR) is 126 cm³/mol. The van der Waals surface area contributed by atoms with Crippen molar-refractivity contribution in [2.45, 2.75) is 6.42 Å². The van der Waals surface area contributed by atoms with Gasteiger partial charge in [0.25, 0.3) is 0 Å². The number of rotatable bonds is 7. The second-order valence-electron chi connectivity index (χ2n) is 6.79. The van der Waals surface area contributed by atoms with Gasteiger partial charge < -0.3 is 10.6 Å². The first kappa shape index (κ1) is 20.9. The van der Waals surface area contributed by atoms with Crippen LogP contribution in [0.1, 0.15) is 12.0 Å². The first-order valence-electron chi connectivity index (χ1n) is 9.70. The van der Waals surface area contributed by atoms with Crippen LogP contribution in [0.25, 0.3) is 22.3 Å². The molecule has 154 valence electrons. The Morgan fingerprint density at radius 3 is 2.55 bits per heavy atom. The topological polar surface area (TPSA) is 86.5 Å². The second-order valence-corrected chi connectivity index (χ2v) is 7.63. The molecule has 0 amide bonds. The average Bonchev–Trinajstić information content (AvgIpc) is 2.79. The van der Waals surface area contributed by atoms with E-state index in [2.05, 4.69) is 26.7 Å². The number of para-hydroxylation sites is 1. The van der Waals surface area contributed by atoms with Crippen molar-refractivity contribution in [2.24, 2.45) is 0 Å². The molecule has 0 saturated carbocycles. The zero-order valence-corrected chi connectivity index (χ0v) is 18.0. The quantitative estimate of drug-likeness (QED) is 0.348. The molecule has 2 aromatic carbocycles. The molecular formula is C23H18Cl2N6. The monoisotopic (exact) mass is 448 g/mol. The molecule has 31 heavy (non-hydrogen) atoms. The summed E-state index contributed by atoms with van der Waals surface area (Å²) in [7, 11) is 0. The Labute approximate surface area is 189 Å². The summed E-state index contributed by atoms with van der Waals surface area (Å²) in [6.07, 6.45) is 2.40. The smallest absolute Gasteiger partial charge is 0.163 e. The summed E-state index contributed by atoms with van der Waals surface area (Å²) in [5.74, 6) is 2.04. The Morgan fingerprint density at radius 1 is 0.935 bits per heavy atom. The molecule has 0 aliphatic rings. The van der Waals surface area contributed by atoms with Crippen LogP contribution < -0.4 is 10.6 Å². The van der Waals surface area contributed by atoms with Gasteiger partial charge in [-0.05, 0) is 48.9 Å². The lowest BCUT2D eigenvalue weighted by Crippen LogP contribution is -2.11. The molecule has 6 nitrogen and oxygen atoms in total. The summed E-state index contributed by atoms with van der Waals surface area (Å²) < 4.78 is 0. The molecule has 0 saturated heterocycles. The molecule has 4 aromatic rings. The Kier molecular flexibility index (Phi) is 6.46. The fourth-order valence-electron chi connectivity index (χ4n) is 3.08. The van der Waals surface area contributed by atoms with E-state index in [-0.39, 0.29) is 0 Å². The molecule has 0 aliphatic heterocycles. The summed E-state index contributed by atoms with van der Waals surface area (Å²) in [6, 6.07) is 18.7. The molecular weight excluding hydrogens is 431 g/mol. The summed E-state index contributed by atoms with van der Waals surface area (Å²) in [4.78, 5) is 13.6. The number of fused-ring (bicyclic) bond motifs is 1. The minimum absolute atomic E-state index is 0.507. The third kappa shape index (κ3) is 5.02. The Hall–Kier alpha value is -3.40. The van der Waals surface area contributed by atoms with Crippen LogP contribution in [0.2, 0.25) is 10.0 Å². The number of nitrogens with zero attached hydrogens (tertiary/aromatic N) is 4. The molecule has 0 unspecified atom stereocenters. The molecule has 2 aromatic heterocycles. The van der Waals surface area contributed by atoms with Gasteiger partial charge in [0.2, 0.25) is 0 Å². The van der Waals surface area contributed by atoms with E-state index in [1.165, 1.54) is 0 Å². The van der Waals surface area contributed by atoms with E-state index >= 15 is 0 Å². The van der Waals surface area contributed by atoms with E-state index in [0.717, 1.165) is 41.1 Å². The molecule has 2 N–H and O–H groups in total. The third-order valence-electron chi connectivity index (χ3n) is 4.62. The highest BCUT2D eigenvalue weighted by atomic mass is 35.5. The van der Waals surface area contributed by atoms with Crippen LogP contribution in [0.5, 0.6) is 0 Å². The van der Waals surface area contributed by atoms with Gasteiger partial charge in [0.15, 0.2) is 5.82 Å². The van der Waals surface area contributed by atoms with E-state index in [1.807, 2.05) is 30.3 Å². The van der Waals surface area contributed by atoms with Gasteiger partial charge in [0.05, 0.1) is 16.1 Å². The van der Waals surface area contributed by atoms with Gasteiger partial charge in [-0.25, -0.2) is 15.0 Å². The number of pyridine rings is 1. The predicted octanol–water partition coefficient (Wildman–Crippen LogP) is 5.78. The number of nitriles is 1. The summed E-state index contributed by atoms with van der Waals surface area (Å²) >= 11 is 12.4. The Bertz CT molecular complexity index is 1250. The van der Waals surface area contributed by atoms with Gasteiger partial charge in [-0.3, -0.25) is 0 Å².